The second-order valence-electron chi connectivity index (χ2n) is 5.66. The number of hydrogen-bond acceptors (Lipinski definition) is 8. The van der Waals surface area contributed by atoms with E-state index in [-0.39, 0.29) is 10.0 Å². The molecule has 2 N–H and O–H groups in total. The summed E-state index contributed by atoms with van der Waals surface area (Å²) in [6.45, 7) is 6.94. The number of thiophene rings is 1. The number of rotatable bonds is 7. The summed E-state index contributed by atoms with van der Waals surface area (Å²) < 4.78 is 32.5. The van der Waals surface area contributed by atoms with Crippen LogP contribution in [0.5, 0.6) is 0 Å². The van der Waals surface area contributed by atoms with Gasteiger partial charge >= 0.3 is 0 Å². The van der Waals surface area contributed by atoms with Gasteiger partial charge in [-0.2, -0.15) is 0 Å². The second-order valence-corrected chi connectivity index (χ2v) is 8.85. The molecule has 2 aromatic heterocycles. The summed E-state index contributed by atoms with van der Waals surface area (Å²) in [4.78, 5) is 3.25. The molecule has 1 aliphatic rings. The number of aromatic nitrogens is 2. The van der Waals surface area contributed by atoms with Crippen LogP contribution in [0.4, 0.5) is 11.6 Å². The Labute approximate surface area is 151 Å². The minimum absolute atomic E-state index is 0.199. The zero-order chi connectivity index (χ0) is 17.7. The van der Waals surface area contributed by atoms with E-state index in [1.54, 1.807) is 24.3 Å². The maximum absolute atomic E-state index is 12.2. The molecule has 1 fully saturated rings. The van der Waals surface area contributed by atoms with E-state index in [1.807, 2.05) is 6.92 Å². The molecule has 0 aromatic carbocycles. The van der Waals surface area contributed by atoms with E-state index in [1.165, 1.54) is 11.3 Å². The molecule has 0 spiro atoms. The van der Waals surface area contributed by atoms with E-state index in [4.69, 9.17) is 4.74 Å². The number of hydrogen-bond donors (Lipinski definition) is 2. The topological polar surface area (TPSA) is 96.5 Å². The first-order chi connectivity index (χ1) is 12.0. The number of anilines is 2. The third kappa shape index (κ3) is 5.11. The molecule has 8 nitrogen and oxygen atoms in total. The van der Waals surface area contributed by atoms with E-state index in [0.29, 0.717) is 5.82 Å². The minimum atomic E-state index is -3.61. The Morgan fingerprint density at radius 1 is 1.16 bits per heavy atom. The van der Waals surface area contributed by atoms with Crippen LogP contribution in [0.15, 0.2) is 28.5 Å². The quantitative estimate of drug-likeness (QED) is 0.746. The van der Waals surface area contributed by atoms with Gasteiger partial charge in [0, 0.05) is 31.1 Å². The summed E-state index contributed by atoms with van der Waals surface area (Å²) in [5, 5.41) is 11.1. The van der Waals surface area contributed by atoms with Crippen LogP contribution in [-0.4, -0.2) is 62.9 Å². The predicted octanol–water partition coefficient (Wildman–Crippen LogP) is 1.39. The summed E-state index contributed by atoms with van der Waals surface area (Å²) >= 11 is 1.22. The third-order valence-corrected chi connectivity index (χ3v) is 6.57. The number of morpholine rings is 1. The molecule has 25 heavy (non-hydrogen) atoms. The van der Waals surface area contributed by atoms with E-state index in [0.717, 1.165) is 44.3 Å². The maximum Gasteiger partial charge on any atom is 0.272 e. The molecule has 0 atom stereocenters. The van der Waals surface area contributed by atoms with Gasteiger partial charge in [0.25, 0.3) is 10.0 Å². The first kappa shape index (κ1) is 18.1. The molecule has 136 valence electrons. The number of sulfonamides is 1. The lowest BCUT2D eigenvalue weighted by Crippen LogP contribution is -2.39. The predicted molar refractivity (Wildman–Crippen MR) is 97.6 cm³/mol. The van der Waals surface area contributed by atoms with E-state index in [9.17, 15) is 8.42 Å². The van der Waals surface area contributed by atoms with Crippen LogP contribution in [0.3, 0.4) is 0 Å². The number of nitrogens with one attached hydrogen (secondary N) is 2. The van der Waals surface area contributed by atoms with Crippen LogP contribution in [0.2, 0.25) is 0 Å². The molecule has 2 aromatic rings. The lowest BCUT2D eigenvalue weighted by atomic mass is 10.4. The van der Waals surface area contributed by atoms with Crippen molar-refractivity contribution in [2.24, 2.45) is 0 Å². The summed E-state index contributed by atoms with van der Waals surface area (Å²) in [7, 11) is -3.61. The molecule has 10 heteroatoms. The standard InChI is InChI=1S/C15H21N5O3S2/c1-12-2-5-15(24-12)25(21,22)19-14-4-3-13(17-18-14)16-6-7-20-8-10-23-11-9-20/h2-5H,6-11H2,1H3,(H,16,17)(H,18,19). The normalized spacial score (nSPS) is 15.9. The Kier molecular flexibility index (Phi) is 5.84. The molecule has 0 unspecified atom stereocenters. The van der Waals surface area contributed by atoms with Crippen LogP contribution in [0, 0.1) is 6.92 Å². The highest BCUT2D eigenvalue weighted by atomic mass is 32.2. The summed E-state index contributed by atoms with van der Waals surface area (Å²) in [6, 6.07) is 6.66. The van der Waals surface area contributed by atoms with Crippen molar-refractivity contribution in [1.29, 1.82) is 0 Å². The van der Waals surface area contributed by atoms with Gasteiger partial charge in [0.15, 0.2) is 5.82 Å². The van der Waals surface area contributed by atoms with Gasteiger partial charge in [-0.05, 0) is 31.2 Å². The zero-order valence-corrected chi connectivity index (χ0v) is 15.6. The van der Waals surface area contributed by atoms with Crippen LogP contribution in [0.1, 0.15) is 4.88 Å². The smallest absolute Gasteiger partial charge is 0.272 e. The van der Waals surface area contributed by atoms with Crippen molar-refractivity contribution in [3.05, 3.63) is 29.1 Å². The lowest BCUT2D eigenvalue weighted by Gasteiger charge is -2.26. The van der Waals surface area contributed by atoms with Crippen molar-refractivity contribution < 1.29 is 13.2 Å². The Bertz CT molecular complexity index is 786. The number of aryl methyl sites for hydroxylation is 1. The van der Waals surface area contributed by atoms with Crippen molar-refractivity contribution >= 4 is 33.0 Å². The summed E-state index contributed by atoms with van der Waals surface area (Å²) in [6.07, 6.45) is 0. The van der Waals surface area contributed by atoms with Crippen LogP contribution >= 0.6 is 11.3 Å². The van der Waals surface area contributed by atoms with Crippen molar-refractivity contribution in [2.45, 2.75) is 11.1 Å². The van der Waals surface area contributed by atoms with E-state index < -0.39 is 10.0 Å². The van der Waals surface area contributed by atoms with Crippen molar-refractivity contribution in [3.8, 4) is 0 Å². The Morgan fingerprint density at radius 3 is 2.52 bits per heavy atom. The average molecular weight is 383 g/mol. The van der Waals surface area contributed by atoms with Crippen molar-refractivity contribution in [3.63, 3.8) is 0 Å². The fourth-order valence-electron chi connectivity index (χ4n) is 2.39. The molecule has 3 heterocycles. The number of nitrogens with zero attached hydrogens (tertiary/aromatic N) is 3. The summed E-state index contributed by atoms with van der Waals surface area (Å²) in [5.41, 5.74) is 0. The van der Waals surface area contributed by atoms with Crippen LogP contribution in [0.25, 0.3) is 0 Å². The van der Waals surface area contributed by atoms with Gasteiger partial charge in [-0.1, -0.05) is 0 Å². The minimum Gasteiger partial charge on any atom is -0.379 e. The average Bonchev–Trinajstić information content (AvgIpc) is 3.05. The Morgan fingerprint density at radius 2 is 1.88 bits per heavy atom. The van der Waals surface area contributed by atoms with Gasteiger partial charge < -0.3 is 10.1 Å². The van der Waals surface area contributed by atoms with Gasteiger partial charge in [0.1, 0.15) is 10.0 Å². The number of ether oxygens (including phenoxy) is 1. The Balaban J connectivity index is 1.51. The molecular weight excluding hydrogens is 362 g/mol. The van der Waals surface area contributed by atoms with Gasteiger partial charge in [-0.25, -0.2) is 8.42 Å². The molecule has 0 bridgehead atoms. The first-order valence-electron chi connectivity index (χ1n) is 8.00. The molecule has 0 amide bonds. The Hall–Kier alpha value is -1.75. The molecular formula is C15H21N5O3S2. The summed E-state index contributed by atoms with van der Waals surface area (Å²) in [5.74, 6) is 0.813. The molecule has 0 radical (unpaired) electrons. The van der Waals surface area contributed by atoms with Gasteiger partial charge in [-0.15, -0.1) is 21.5 Å². The third-order valence-electron chi connectivity index (χ3n) is 3.72. The van der Waals surface area contributed by atoms with E-state index in [2.05, 4.69) is 25.1 Å². The largest absolute Gasteiger partial charge is 0.379 e. The lowest BCUT2D eigenvalue weighted by molar-refractivity contribution is 0.0398. The molecule has 1 aliphatic heterocycles. The van der Waals surface area contributed by atoms with Gasteiger partial charge in [0.2, 0.25) is 0 Å². The van der Waals surface area contributed by atoms with E-state index >= 15 is 0 Å². The monoisotopic (exact) mass is 383 g/mol. The highest BCUT2D eigenvalue weighted by Crippen LogP contribution is 2.22. The van der Waals surface area contributed by atoms with Crippen molar-refractivity contribution in [1.82, 2.24) is 15.1 Å². The zero-order valence-electron chi connectivity index (χ0n) is 13.9. The molecule has 0 saturated carbocycles. The molecule has 1 saturated heterocycles. The highest BCUT2D eigenvalue weighted by Gasteiger charge is 2.17. The molecule has 3 rings (SSSR count). The van der Waals surface area contributed by atoms with Crippen molar-refractivity contribution in [2.75, 3.05) is 49.4 Å². The fraction of sp³-hybridized carbons (Fsp3) is 0.467. The van der Waals surface area contributed by atoms with Gasteiger partial charge in [-0.3, -0.25) is 9.62 Å². The second kappa shape index (κ2) is 8.09. The van der Waals surface area contributed by atoms with Gasteiger partial charge in [0.05, 0.1) is 13.2 Å². The maximum atomic E-state index is 12.2. The SMILES string of the molecule is Cc1ccc(S(=O)(=O)Nc2ccc(NCCN3CCOCC3)nn2)s1. The molecule has 0 aliphatic carbocycles. The van der Waals surface area contributed by atoms with Crippen LogP contribution in [-0.2, 0) is 14.8 Å². The first-order valence-corrected chi connectivity index (χ1v) is 10.3. The fourth-order valence-corrected chi connectivity index (χ4v) is 4.67. The van der Waals surface area contributed by atoms with Crippen LogP contribution < -0.4 is 10.0 Å². The highest BCUT2D eigenvalue weighted by molar-refractivity contribution is 7.94.